The number of hydrogen-bond donors (Lipinski definition) is 5. The van der Waals surface area contributed by atoms with Crippen molar-refractivity contribution in [2.45, 2.75) is 136 Å². The number of aliphatic hydroxyl groups is 1. The first-order chi connectivity index (χ1) is 20.2. The quantitative estimate of drug-likeness (QED) is 0.222. The van der Waals surface area contributed by atoms with Crippen molar-refractivity contribution in [2.24, 2.45) is 58.0 Å². The molecule has 0 aliphatic heterocycles. The molecule has 0 aromatic carbocycles. The van der Waals surface area contributed by atoms with Crippen LogP contribution in [0.5, 0.6) is 0 Å². The lowest BCUT2D eigenvalue weighted by Gasteiger charge is -2.61. The summed E-state index contributed by atoms with van der Waals surface area (Å²) in [5.41, 5.74) is 5.81. The summed E-state index contributed by atoms with van der Waals surface area (Å²) in [5.74, 6) is 1.06. The minimum atomic E-state index is -1.24. The Morgan fingerprint density at radius 3 is 2.19 bits per heavy atom. The van der Waals surface area contributed by atoms with E-state index in [9.17, 15) is 29.4 Å². The fourth-order valence-electron chi connectivity index (χ4n) is 10.4. The van der Waals surface area contributed by atoms with Gasteiger partial charge in [-0.1, -0.05) is 34.6 Å². The van der Waals surface area contributed by atoms with E-state index in [1.165, 1.54) is 38.5 Å². The first-order valence-corrected chi connectivity index (χ1v) is 17.0. The molecule has 9 heteroatoms. The summed E-state index contributed by atoms with van der Waals surface area (Å²) in [6.07, 6.45) is 11.4. The smallest absolute Gasteiger partial charge is 0.326 e. The van der Waals surface area contributed by atoms with E-state index < -0.39 is 29.9 Å². The lowest BCUT2D eigenvalue weighted by Crippen LogP contribution is -2.54. The standard InChI is InChI=1S/C34H57N3O6/c1-19(2)30(31(41)36-27(32(42)43)11-12-28(35)39)37-29(40)13-6-20(3)24-9-10-25-23-8-7-21-18-22(38)14-16-33(21,4)26(23)15-17-34(24,25)5/h19-27,30,38H,6-18H2,1-5H3,(H2,35,39)(H,36,41)(H,37,40)(H,42,43)/t20?,21-,22-,23+,24-,25+,26+,27?,30?,33+,34-/m1/s1. The van der Waals surface area contributed by atoms with Gasteiger partial charge >= 0.3 is 5.97 Å². The molecule has 4 fully saturated rings. The lowest BCUT2D eigenvalue weighted by molar-refractivity contribution is -0.142. The van der Waals surface area contributed by atoms with Crippen molar-refractivity contribution in [3.05, 3.63) is 0 Å². The normalized spacial score (nSPS) is 37.3. The molecular formula is C34H57N3O6. The van der Waals surface area contributed by atoms with E-state index in [4.69, 9.17) is 5.73 Å². The van der Waals surface area contributed by atoms with E-state index in [0.29, 0.717) is 35.0 Å². The fraction of sp³-hybridized carbons (Fsp3) is 0.882. The molecule has 0 heterocycles. The Kier molecular flexibility index (Phi) is 10.6. The van der Waals surface area contributed by atoms with Crippen LogP contribution in [0.15, 0.2) is 0 Å². The highest BCUT2D eigenvalue weighted by atomic mass is 16.4. The van der Waals surface area contributed by atoms with E-state index in [1.807, 2.05) is 13.8 Å². The number of carboxylic acid groups (broad SMARTS) is 1. The summed E-state index contributed by atoms with van der Waals surface area (Å²) in [4.78, 5) is 48.7. The topological polar surface area (TPSA) is 159 Å². The summed E-state index contributed by atoms with van der Waals surface area (Å²) in [6.45, 7) is 11.0. The number of carbonyl (C=O) groups excluding carboxylic acids is 3. The second-order valence-corrected chi connectivity index (χ2v) is 15.5. The molecule has 9 nitrogen and oxygen atoms in total. The number of hydrogen-bond acceptors (Lipinski definition) is 5. The van der Waals surface area contributed by atoms with Gasteiger partial charge < -0.3 is 26.6 Å². The molecule has 3 unspecified atom stereocenters. The number of amides is 3. The van der Waals surface area contributed by atoms with Crippen molar-refractivity contribution >= 4 is 23.7 Å². The molecule has 11 atom stereocenters. The van der Waals surface area contributed by atoms with Crippen molar-refractivity contribution in [3.8, 4) is 0 Å². The molecule has 0 spiro atoms. The van der Waals surface area contributed by atoms with Crippen LogP contribution in [-0.4, -0.2) is 52.1 Å². The number of rotatable bonds is 12. The Bertz CT molecular complexity index is 1050. The van der Waals surface area contributed by atoms with Crippen molar-refractivity contribution in [1.29, 1.82) is 0 Å². The number of aliphatic hydroxyl groups excluding tert-OH is 1. The monoisotopic (exact) mass is 603 g/mol. The van der Waals surface area contributed by atoms with Crippen LogP contribution in [0, 0.1) is 52.3 Å². The van der Waals surface area contributed by atoms with Crippen LogP contribution >= 0.6 is 0 Å². The molecule has 4 aliphatic carbocycles. The highest BCUT2D eigenvalue weighted by Crippen LogP contribution is 2.68. The zero-order chi connectivity index (χ0) is 31.7. The third-order valence-electron chi connectivity index (χ3n) is 12.8. The van der Waals surface area contributed by atoms with E-state index in [-0.39, 0.29) is 30.8 Å². The summed E-state index contributed by atoms with van der Waals surface area (Å²) in [5, 5.41) is 25.1. The van der Waals surface area contributed by atoms with Crippen molar-refractivity contribution < 1.29 is 29.4 Å². The van der Waals surface area contributed by atoms with E-state index in [2.05, 4.69) is 31.4 Å². The lowest BCUT2D eigenvalue weighted by atomic mass is 9.44. The molecule has 0 aromatic rings. The number of fused-ring (bicyclic) bond motifs is 5. The average molecular weight is 604 g/mol. The van der Waals surface area contributed by atoms with Gasteiger partial charge in [-0.05, 0) is 123 Å². The number of primary amides is 1. The van der Waals surface area contributed by atoms with Gasteiger partial charge in [0.05, 0.1) is 6.10 Å². The zero-order valence-corrected chi connectivity index (χ0v) is 27.1. The number of carboxylic acids is 1. The number of nitrogens with two attached hydrogens (primary N) is 1. The van der Waals surface area contributed by atoms with E-state index in [0.717, 1.165) is 43.4 Å². The molecule has 4 saturated carbocycles. The van der Waals surface area contributed by atoms with Gasteiger partial charge in [0.15, 0.2) is 0 Å². The molecule has 6 N–H and O–H groups in total. The predicted molar refractivity (Wildman–Crippen MR) is 164 cm³/mol. The van der Waals surface area contributed by atoms with Crippen LogP contribution in [0.3, 0.4) is 0 Å². The van der Waals surface area contributed by atoms with Crippen LogP contribution in [0.25, 0.3) is 0 Å². The van der Waals surface area contributed by atoms with Gasteiger partial charge in [-0.3, -0.25) is 14.4 Å². The van der Waals surface area contributed by atoms with Crippen LogP contribution < -0.4 is 16.4 Å². The maximum atomic E-state index is 13.1. The Labute approximate surface area is 257 Å². The Morgan fingerprint density at radius 2 is 1.53 bits per heavy atom. The minimum absolute atomic E-state index is 0.0988. The SMILES string of the molecule is CC(C)C(NC(=O)CCC(C)[C@H]1CC[C@H]2[C@@H]3CC[C@@H]4C[C@H](O)CC[C@]4(C)[C@H]3CC[C@]12C)C(=O)NC(CCC(N)=O)C(=O)O. The third-order valence-corrected chi connectivity index (χ3v) is 12.8. The molecule has 244 valence electrons. The average Bonchev–Trinajstić information content (AvgIpc) is 3.29. The summed E-state index contributed by atoms with van der Waals surface area (Å²) >= 11 is 0. The maximum Gasteiger partial charge on any atom is 0.326 e. The fourth-order valence-corrected chi connectivity index (χ4v) is 10.4. The van der Waals surface area contributed by atoms with E-state index in [1.54, 1.807) is 0 Å². The molecule has 43 heavy (non-hydrogen) atoms. The largest absolute Gasteiger partial charge is 0.480 e. The van der Waals surface area contributed by atoms with Crippen molar-refractivity contribution in [3.63, 3.8) is 0 Å². The molecule has 0 aromatic heterocycles. The number of aliphatic carboxylic acids is 1. The van der Waals surface area contributed by atoms with Gasteiger partial charge in [-0.15, -0.1) is 0 Å². The highest BCUT2D eigenvalue weighted by molar-refractivity contribution is 5.90. The first kappa shape index (κ1) is 33.7. The number of nitrogens with one attached hydrogen (secondary N) is 2. The van der Waals surface area contributed by atoms with Gasteiger partial charge in [0.25, 0.3) is 0 Å². The van der Waals surface area contributed by atoms with E-state index >= 15 is 0 Å². The summed E-state index contributed by atoms with van der Waals surface area (Å²) in [7, 11) is 0. The minimum Gasteiger partial charge on any atom is -0.480 e. The molecule has 4 aliphatic rings. The van der Waals surface area contributed by atoms with Gasteiger partial charge in [0, 0.05) is 12.8 Å². The van der Waals surface area contributed by atoms with Gasteiger partial charge in [0.2, 0.25) is 17.7 Å². The molecule has 0 saturated heterocycles. The second-order valence-electron chi connectivity index (χ2n) is 15.5. The van der Waals surface area contributed by atoms with Gasteiger partial charge in [-0.2, -0.15) is 0 Å². The van der Waals surface area contributed by atoms with Crippen molar-refractivity contribution in [2.75, 3.05) is 0 Å². The molecule has 3 amide bonds. The Morgan fingerprint density at radius 1 is 0.860 bits per heavy atom. The number of carbonyl (C=O) groups is 4. The van der Waals surface area contributed by atoms with Crippen LogP contribution in [-0.2, 0) is 19.2 Å². The first-order valence-electron chi connectivity index (χ1n) is 17.0. The summed E-state index contributed by atoms with van der Waals surface area (Å²) < 4.78 is 0. The van der Waals surface area contributed by atoms with Crippen molar-refractivity contribution in [1.82, 2.24) is 10.6 Å². The second kappa shape index (κ2) is 13.5. The molecule has 0 radical (unpaired) electrons. The molecule has 4 rings (SSSR count). The Balaban J connectivity index is 1.32. The Hall–Kier alpha value is -2.16. The summed E-state index contributed by atoms with van der Waals surface area (Å²) in [6, 6.07) is -2.11. The predicted octanol–water partition coefficient (Wildman–Crippen LogP) is 4.40. The van der Waals surface area contributed by atoms with Crippen LogP contribution in [0.1, 0.15) is 118 Å². The highest BCUT2D eigenvalue weighted by Gasteiger charge is 2.60. The van der Waals surface area contributed by atoms with Crippen LogP contribution in [0.2, 0.25) is 0 Å². The molecule has 0 bridgehead atoms. The zero-order valence-electron chi connectivity index (χ0n) is 27.1. The van der Waals surface area contributed by atoms with Crippen LogP contribution in [0.4, 0.5) is 0 Å². The molecular weight excluding hydrogens is 546 g/mol. The van der Waals surface area contributed by atoms with Gasteiger partial charge in [0.1, 0.15) is 12.1 Å². The van der Waals surface area contributed by atoms with Gasteiger partial charge in [-0.25, -0.2) is 4.79 Å². The maximum absolute atomic E-state index is 13.1. The third kappa shape index (κ3) is 7.07.